The zero-order valence-corrected chi connectivity index (χ0v) is 14.7. The Labute approximate surface area is 147 Å². The average Bonchev–Trinajstić information content (AvgIpc) is 2.70. The number of carbonyl (C=O) groups is 1. The average molecular weight is 341 g/mol. The Hall–Kier alpha value is -2.77. The van der Waals surface area contributed by atoms with Crippen LogP contribution in [0, 0.1) is 0 Å². The van der Waals surface area contributed by atoms with Gasteiger partial charge in [-0.2, -0.15) is 0 Å². The Morgan fingerprint density at radius 3 is 2.24 bits per heavy atom. The van der Waals surface area contributed by atoms with Crippen LogP contribution in [0.1, 0.15) is 24.3 Å². The van der Waals surface area contributed by atoms with E-state index in [9.17, 15) is 4.79 Å². The van der Waals surface area contributed by atoms with Crippen LogP contribution in [-0.2, 0) is 0 Å². The summed E-state index contributed by atoms with van der Waals surface area (Å²) in [6, 6.07) is 1.80. The van der Waals surface area contributed by atoms with Crippen LogP contribution in [0.25, 0.3) is 0 Å². The highest BCUT2D eigenvalue weighted by molar-refractivity contribution is 5.92. The number of anilines is 2. The molecule has 0 aliphatic carbocycles. The van der Waals surface area contributed by atoms with Crippen LogP contribution in [-0.4, -0.2) is 70.0 Å². The second kappa shape index (κ2) is 7.87. The van der Waals surface area contributed by atoms with Gasteiger partial charge in [0.1, 0.15) is 11.5 Å². The molecule has 3 heterocycles. The first-order valence-corrected chi connectivity index (χ1v) is 8.61. The lowest BCUT2D eigenvalue weighted by molar-refractivity contribution is 0.0740. The fraction of sp³-hybridized carbons (Fsp3) is 0.471. The van der Waals surface area contributed by atoms with E-state index in [4.69, 9.17) is 0 Å². The van der Waals surface area contributed by atoms with Crippen LogP contribution in [0.4, 0.5) is 11.8 Å². The highest BCUT2D eigenvalue weighted by Gasteiger charge is 2.24. The lowest BCUT2D eigenvalue weighted by Gasteiger charge is -2.34. The molecule has 1 amide bonds. The van der Waals surface area contributed by atoms with Gasteiger partial charge in [0.25, 0.3) is 5.91 Å². The van der Waals surface area contributed by atoms with Crippen molar-refractivity contribution in [3.05, 3.63) is 36.5 Å². The van der Waals surface area contributed by atoms with E-state index in [2.05, 4.69) is 43.6 Å². The van der Waals surface area contributed by atoms with Crippen LogP contribution < -0.4 is 9.80 Å². The molecule has 1 aliphatic rings. The lowest BCUT2D eigenvalue weighted by atomic mass is 10.3. The molecule has 1 saturated heterocycles. The summed E-state index contributed by atoms with van der Waals surface area (Å²) in [7, 11) is 0. The molecule has 0 spiro atoms. The maximum Gasteiger partial charge on any atom is 0.274 e. The van der Waals surface area contributed by atoms with Crippen LogP contribution in [0.15, 0.2) is 30.9 Å². The van der Waals surface area contributed by atoms with E-state index >= 15 is 0 Å². The van der Waals surface area contributed by atoms with Gasteiger partial charge in [0.05, 0.1) is 12.4 Å². The summed E-state index contributed by atoms with van der Waals surface area (Å²) in [5, 5.41) is 0. The van der Waals surface area contributed by atoms with E-state index in [0.29, 0.717) is 37.8 Å². The predicted octanol–water partition coefficient (Wildman–Crippen LogP) is 1.08. The Morgan fingerprint density at radius 1 is 1.00 bits per heavy atom. The van der Waals surface area contributed by atoms with E-state index in [-0.39, 0.29) is 5.91 Å². The molecule has 0 aromatic carbocycles. The minimum absolute atomic E-state index is 0.0766. The van der Waals surface area contributed by atoms with Crippen LogP contribution in [0.3, 0.4) is 0 Å². The molecule has 0 bridgehead atoms. The highest BCUT2D eigenvalue weighted by atomic mass is 16.2. The molecule has 8 heteroatoms. The van der Waals surface area contributed by atoms with Gasteiger partial charge in [-0.15, -0.1) is 0 Å². The fourth-order valence-electron chi connectivity index (χ4n) is 2.87. The third-order valence-corrected chi connectivity index (χ3v) is 4.35. The Morgan fingerprint density at radius 2 is 1.68 bits per heavy atom. The number of nitrogens with zero attached hydrogens (tertiary/aromatic N) is 7. The van der Waals surface area contributed by atoms with Crippen LogP contribution in [0.2, 0.25) is 0 Å². The van der Waals surface area contributed by atoms with E-state index < -0.39 is 0 Å². The van der Waals surface area contributed by atoms with Crippen LogP contribution >= 0.6 is 0 Å². The highest BCUT2D eigenvalue weighted by Crippen LogP contribution is 2.13. The SMILES string of the molecule is CCN(CC)c1cnc(C(=O)N2CCN(c3ncccn3)CC2)cn1. The molecule has 0 atom stereocenters. The van der Waals surface area contributed by atoms with Crippen molar-refractivity contribution in [3.63, 3.8) is 0 Å². The van der Waals surface area contributed by atoms with E-state index in [1.807, 2.05) is 0 Å². The van der Waals surface area contributed by atoms with Gasteiger partial charge in [-0.25, -0.2) is 19.9 Å². The summed E-state index contributed by atoms with van der Waals surface area (Å²) in [4.78, 5) is 35.8. The summed E-state index contributed by atoms with van der Waals surface area (Å²) < 4.78 is 0. The van der Waals surface area contributed by atoms with Gasteiger partial charge >= 0.3 is 0 Å². The molecule has 1 fully saturated rings. The first-order valence-electron chi connectivity index (χ1n) is 8.61. The maximum absolute atomic E-state index is 12.6. The van der Waals surface area contributed by atoms with Gasteiger partial charge in [-0.05, 0) is 19.9 Å². The van der Waals surface area contributed by atoms with Crippen molar-refractivity contribution in [2.45, 2.75) is 13.8 Å². The van der Waals surface area contributed by atoms with E-state index in [1.54, 1.807) is 35.8 Å². The number of amides is 1. The second-order valence-corrected chi connectivity index (χ2v) is 5.76. The topological polar surface area (TPSA) is 78.4 Å². The van der Waals surface area contributed by atoms with Crippen molar-refractivity contribution in [1.82, 2.24) is 24.8 Å². The third kappa shape index (κ3) is 3.84. The molecule has 2 aromatic heterocycles. The Kier molecular flexibility index (Phi) is 5.37. The molecule has 8 nitrogen and oxygen atoms in total. The summed E-state index contributed by atoms with van der Waals surface area (Å²) >= 11 is 0. The Bertz CT molecular complexity index is 680. The van der Waals surface area contributed by atoms with Gasteiger partial charge in [-0.3, -0.25) is 4.79 Å². The number of piperazine rings is 1. The quantitative estimate of drug-likeness (QED) is 0.805. The summed E-state index contributed by atoms with van der Waals surface area (Å²) in [6.07, 6.45) is 6.71. The molecule has 0 unspecified atom stereocenters. The molecule has 132 valence electrons. The standard InChI is InChI=1S/C17H23N7O/c1-3-22(4-2)15-13-20-14(12-21-15)16(25)23-8-10-24(11-9-23)17-18-6-5-7-19-17/h5-7,12-13H,3-4,8-11H2,1-2H3. The second-order valence-electron chi connectivity index (χ2n) is 5.76. The van der Waals surface area contributed by atoms with Crippen LogP contribution in [0.5, 0.6) is 0 Å². The van der Waals surface area contributed by atoms with Crippen molar-refractivity contribution in [1.29, 1.82) is 0 Å². The molecule has 25 heavy (non-hydrogen) atoms. The number of aromatic nitrogens is 4. The number of rotatable bonds is 5. The van der Waals surface area contributed by atoms with E-state index in [0.717, 1.165) is 18.9 Å². The van der Waals surface area contributed by atoms with Crippen molar-refractivity contribution in [2.75, 3.05) is 49.1 Å². The summed E-state index contributed by atoms with van der Waals surface area (Å²) in [6.45, 7) is 8.53. The molecular weight excluding hydrogens is 318 g/mol. The zero-order valence-electron chi connectivity index (χ0n) is 14.7. The van der Waals surface area contributed by atoms with Crippen molar-refractivity contribution in [3.8, 4) is 0 Å². The third-order valence-electron chi connectivity index (χ3n) is 4.35. The molecule has 0 radical (unpaired) electrons. The molecule has 1 aliphatic heterocycles. The van der Waals surface area contributed by atoms with Gasteiger partial charge < -0.3 is 14.7 Å². The first-order chi connectivity index (χ1) is 12.2. The largest absolute Gasteiger partial charge is 0.356 e. The summed E-state index contributed by atoms with van der Waals surface area (Å²) in [5.41, 5.74) is 0.389. The molecular formula is C17H23N7O. The smallest absolute Gasteiger partial charge is 0.274 e. The van der Waals surface area contributed by atoms with Gasteiger partial charge in [0, 0.05) is 51.7 Å². The minimum Gasteiger partial charge on any atom is -0.356 e. The van der Waals surface area contributed by atoms with Crippen molar-refractivity contribution >= 4 is 17.7 Å². The lowest BCUT2D eigenvalue weighted by Crippen LogP contribution is -2.49. The molecule has 2 aromatic rings. The Balaban J connectivity index is 1.61. The van der Waals surface area contributed by atoms with Gasteiger partial charge in [-0.1, -0.05) is 0 Å². The van der Waals surface area contributed by atoms with Crippen molar-refractivity contribution < 1.29 is 4.79 Å². The fourth-order valence-corrected chi connectivity index (χ4v) is 2.87. The summed E-state index contributed by atoms with van der Waals surface area (Å²) in [5.74, 6) is 1.43. The number of carbonyl (C=O) groups excluding carboxylic acids is 1. The maximum atomic E-state index is 12.6. The zero-order chi connectivity index (χ0) is 17.6. The van der Waals surface area contributed by atoms with E-state index in [1.165, 1.54) is 0 Å². The monoisotopic (exact) mass is 341 g/mol. The molecule has 0 saturated carbocycles. The number of hydrogen-bond donors (Lipinski definition) is 0. The minimum atomic E-state index is -0.0766. The first kappa shape index (κ1) is 17.1. The van der Waals surface area contributed by atoms with Gasteiger partial charge in [0.15, 0.2) is 0 Å². The normalized spacial score (nSPS) is 14.5. The molecule has 0 N–H and O–H groups in total. The molecule has 3 rings (SSSR count). The predicted molar refractivity (Wildman–Crippen MR) is 95.7 cm³/mol. The van der Waals surface area contributed by atoms with Gasteiger partial charge in [0.2, 0.25) is 5.95 Å². The van der Waals surface area contributed by atoms with Crippen molar-refractivity contribution in [2.24, 2.45) is 0 Å². The number of hydrogen-bond acceptors (Lipinski definition) is 7.